The van der Waals surface area contributed by atoms with Gasteiger partial charge in [-0.05, 0) is 42.5 Å². The van der Waals surface area contributed by atoms with Crippen LogP contribution < -0.4 is 5.32 Å². The molecule has 0 radical (unpaired) electrons. The Balaban J connectivity index is 1.17. The molecular formula is C28H30N6. The van der Waals surface area contributed by atoms with Gasteiger partial charge in [0, 0.05) is 61.3 Å². The molecule has 1 saturated heterocycles. The van der Waals surface area contributed by atoms with Crippen LogP contribution in [0, 0.1) is 0 Å². The number of aryl methyl sites for hydroxylation is 1. The van der Waals surface area contributed by atoms with Gasteiger partial charge in [0.1, 0.15) is 5.82 Å². The topological polar surface area (TPSA) is 61.8 Å². The van der Waals surface area contributed by atoms with Gasteiger partial charge in [0.25, 0.3) is 0 Å². The second-order valence-corrected chi connectivity index (χ2v) is 10.2. The third-order valence-electron chi connectivity index (χ3n) is 8.23. The normalized spacial score (nSPS) is 24.6. The highest BCUT2D eigenvalue weighted by molar-refractivity contribution is 5.54. The van der Waals surface area contributed by atoms with Crippen LogP contribution in [-0.4, -0.2) is 44.3 Å². The highest BCUT2D eigenvalue weighted by Crippen LogP contribution is 2.46. The maximum atomic E-state index is 5.12. The van der Waals surface area contributed by atoms with Crippen LogP contribution in [0.15, 0.2) is 73.1 Å². The number of aromatic nitrogens is 4. The molecule has 34 heavy (non-hydrogen) atoms. The second-order valence-electron chi connectivity index (χ2n) is 10.2. The zero-order valence-electron chi connectivity index (χ0n) is 19.3. The Morgan fingerprint density at radius 1 is 1.00 bits per heavy atom. The number of anilines is 1. The molecule has 5 heterocycles. The molecule has 0 amide bonds. The SMILES string of the molecule is c1ccc(C(c2ncc[nH]2)N2CCC3(CCn4nc(C5CNc6ccccc6C5)cc43)C2)cc1. The van der Waals surface area contributed by atoms with Crippen LogP contribution in [0.1, 0.15) is 53.1 Å². The largest absolute Gasteiger partial charge is 0.384 e. The fraction of sp³-hybridized carbons (Fsp3) is 0.357. The lowest BCUT2D eigenvalue weighted by atomic mass is 9.81. The molecule has 4 aromatic rings. The number of likely N-dealkylation sites (tertiary alicyclic amines) is 1. The van der Waals surface area contributed by atoms with Gasteiger partial charge in [0.05, 0.1) is 11.7 Å². The fourth-order valence-corrected chi connectivity index (χ4v) is 6.47. The van der Waals surface area contributed by atoms with Gasteiger partial charge >= 0.3 is 0 Å². The number of aromatic amines is 1. The average Bonchev–Trinajstić information content (AvgIpc) is 3.68. The minimum Gasteiger partial charge on any atom is -0.384 e. The van der Waals surface area contributed by atoms with Gasteiger partial charge in [-0.15, -0.1) is 0 Å². The molecule has 3 unspecified atom stereocenters. The van der Waals surface area contributed by atoms with E-state index in [1.54, 1.807) is 0 Å². The van der Waals surface area contributed by atoms with Gasteiger partial charge in [0.2, 0.25) is 0 Å². The van der Waals surface area contributed by atoms with Crippen LogP contribution in [0.5, 0.6) is 0 Å². The lowest BCUT2D eigenvalue weighted by molar-refractivity contribution is 0.252. The molecule has 0 saturated carbocycles. The summed E-state index contributed by atoms with van der Waals surface area (Å²) in [7, 11) is 0. The minimum absolute atomic E-state index is 0.158. The number of fused-ring (bicyclic) bond motifs is 3. The van der Waals surface area contributed by atoms with Crippen molar-refractivity contribution in [3.05, 3.63) is 101 Å². The maximum absolute atomic E-state index is 5.12. The van der Waals surface area contributed by atoms with Crippen LogP contribution in [0.2, 0.25) is 0 Å². The van der Waals surface area contributed by atoms with E-state index in [2.05, 4.69) is 85.5 Å². The van der Waals surface area contributed by atoms with E-state index >= 15 is 0 Å². The monoisotopic (exact) mass is 450 g/mol. The summed E-state index contributed by atoms with van der Waals surface area (Å²) in [4.78, 5) is 10.7. The maximum Gasteiger partial charge on any atom is 0.128 e. The molecule has 2 aromatic carbocycles. The van der Waals surface area contributed by atoms with Gasteiger partial charge in [-0.1, -0.05) is 48.5 Å². The number of hydrogen-bond donors (Lipinski definition) is 2. The van der Waals surface area contributed by atoms with E-state index in [0.29, 0.717) is 5.92 Å². The highest BCUT2D eigenvalue weighted by Gasteiger charge is 2.48. The van der Waals surface area contributed by atoms with E-state index in [9.17, 15) is 0 Å². The number of H-pyrrole nitrogens is 1. The summed E-state index contributed by atoms with van der Waals surface area (Å²) >= 11 is 0. The summed E-state index contributed by atoms with van der Waals surface area (Å²) in [6.45, 7) is 4.10. The van der Waals surface area contributed by atoms with Crippen molar-refractivity contribution in [3.63, 3.8) is 0 Å². The predicted molar refractivity (Wildman–Crippen MR) is 133 cm³/mol. The Bertz CT molecular complexity index is 1290. The van der Waals surface area contributed by atoms with Crippen LogP contribution in [0.25, 0.3) is 0 Å². The predicted octanol–water partition coefficient (Wildman–Crippen LogP) is 4.49. The minimum atomic E-state index is 0.158. The average molecular weight is 451 g/mol. The second kappa shape index (κ2) is 7.84. The fourth-order valence-electron chi connectivity index (χ4n) is 6.47. The first kappa shape index (κ1) is 20.0. The van der Waals surface area contributed by atoms with E-state index in [1.165, 1.54) is 41.0 Å². The molecule has 1 spiro atoms. The Morgan fingerprint density at radius 2 is 1.85 bits per heavy atom. The Hall–Kier alpha value is -3.38. The quantitative estimate of drug-likeness (QED) is 0.481. The van der Waals surface area contributed by atoms with Crippen molar-refractivity contribution < 1.29 is 0 Å². The van der Waals surface area contributed by atoms with Gasteiger partial charge < -0.3 is 10.3 Å². The summed E-state index contributed by atoms with van der Waals surface area (Å²) in [6.07, 6.45) is 7.22. The number of benzene rings is 2. The van der Waals surface area contributed by atoms with Gasteiger partial charge in [-0.3, -0.25) is 9.58 Å². The molecule has 0 aliphatic carbocycles. The number of nitrogens with zero attached hydrogens (tertiary/aromatic N) is 4. The van der Waals surface area contributed by atoms with Gasteiger partial charge in [-0.25, -0.2) is 4.98 Å². The lowest BCUT2D eigenvalue weighted by Crippen LogP contribution is -2.33. The van der Waals surface area contributed by atoms with Crippen molar-refractivity contribution >= 4 is 5.69 Å². The summed E-state index contributed by atoms with van der Waals surface area (Å²) < 4.78 is 2.31. The number of hydrogen-bond acceptors (Lipinski definition) is 4. The van der Waals surface area contributed by atoms with E-state index in [0.717, 1.165) is 38.4 Å². The highest BCUT2D eigenvalue weighted by atomic mass is 15.3. The lowest BCUT2D eigenvalue weighted by Gasteiger charge is -2.29. The van der Waals surface area contributed by atoms with Crippen molar-refractivity contribution in [1.29, 1.82) is 0 Å². The number of para-hydroxylation sites is 1. The third kappa shape index (κ3) is 3.20. The summed E-state index contributed by atoms with van der Waals surface area (Å²) in [5.41, 5.74) is 6.85. The Morgan fingerprint density at radius 3 is 2.74 bits per heavy atom. The summed E-state index contributed by atoms with van der Waals surface area (Å²) in [6, 6.07) is 22.1. The van der Waals surface area contributed by atoms with E-state index in [-0.39, 0.29) is 11.5 Å². The van der Waals surface area contributed by atoms with Gasteiger partial charge in [0.15, 0.2) is 0 Å². The Kier molecular flexibility index (Phi) is 4.62. The number of imidazole rings is 1. The van der Waals surface area contributed by atoms with Crippen LogP contribution >= 0.6 is 0 Å². The van der Waals surface area contributed by atoms with Crippen LogP contribution in [0.4, 0.5) is 5.69 Å². The molecule has 3 aliphatic heterocycles. The van der Waals surface area contributed by atoms with E-state index < -0.39 is 0 Å². The molecule has 6 heteroatoms. The smallest absolute Gasteiger partial charge is 0.128 e. The molecule has 2 aromatic heterocycles. The molecule has 1 fully saturated rings. The first-order valence-electron chi connectivity index (χ1n) is 12.5. The number of rotatable bonds is 4. The Labute approximate surface area is 200 Å². The summed E-state index contributed by atoms with van der Waals surface area (Å²) in [5.74, 6) is 1.46. The molecule has 3 atom stereocenters. The standard InChI is InChI=1S/C28H30N6/c1-2-6-20(7-3-1)26(27-29-12-13-30-27)33-14-10-28(19-33)11-15-34-25(28)17-24(32-34)22-16-21-8-4-5-9-23(21)31-18-22/h1-9,12-13,17,22,26,31H,10-11,14-16,18-19H2,(H,29,30). The number of nitrogens with one attached hydrogen (secondary N) is 2. The first-order chi connectivity index (χ1) is 16.8. The van der Waals surface area contributed by atoms with Crippen molar-refractivity contribution in [2.24, 2.45) is 0 Å². The molecular weight excluding hydrogens is 420 g/mol. The molecule has 3 aliphatic rings. The van der Waals surface area contributed by atoms with Crippen molar-refractivity contribution in [2.45, 2.75) is 43.2 Å². The molecule has 2 N–H and O–H groups in total. The van der Waals surface area contributed by atoms with Crippen molar-refractivity contribution in [1.82, 2.24) is 24.6 Å². The van der Waals surface area contributed by atoms with Crippen LogP contribution in [-0.2, 0) is 18.4 Å². The molecule has 0 bridgehead atoms. The van der Waals surface area contributed by atoms with Gasteiger partial charge in [-0.2, -0.15) is 5.10 Å². The molecule has 172 valence electrons. The van der Waals surface area contributed by atoms with Crippen LogP contribution in [0.3, 0.4) is 0 Å². The zero-order valence-corrected chi connectivity index (χ0v) is 19.3. The van der Waals surface area contributed by atoms with E-state index in [1.807, 2.05) is 12.4 Å². The van der Waals surface area contributed by atoms with Crippen molar-refractivity contribution in [3.8, 4) is 0 Å². The molecule has 7 rings (SSSR count). The van der Waals surface area contributed by atoms with E-state index in [4.69, 9.17) is 5.10 Å². The first-order valence-corrected chi connectivity index (χ1v) is 12.5. The van der Waals surface area contributed by atoms with Crippen molar-refractivity contribution in [2.75, 3.05) is 25.0 Å². The third-order valence-corrected chi connectivity index (χ3v) is 8.23. The zero-order chi connectivity index (χ0) is 22.5. The molecule has 6 nitrogen and oxygen atoms in total. The summed E-state index contributed by atoms with van der Waals surface area (Å²) in [5, 5.41) is 8.75.